The Hall–Kier alpha value is -0.0500. The lowest BCUT2D eigenvalue weighted by molar-refractivity contribution is 0.0621. The summed E-state index contributed by atoms with van der Waals surface area (Å²) in [5.41, 5.74) is 0.551. The SMILES string of the molecule is CC(C)(C)C(O)c1c(Cl)cccc1Br. The van der Waals surface area contributed by atoms with Gasteiger partial charge in [-0.3, -0.25) is 0 Å². The fourth-order valence-corrected chi connectivity index (χ4v) is 2.18. The molecule has 0 aliphatic rings. The van der Waals surface area contributed by atoms with Gasteiger partial charge in [0, 0.05) is 15.1 Å². The van der Waals surface area contributed by atoms with Crippen molar-refractivity contribution in [1.82, 2.24) is 0 Å². The maximum atomic E-state index is 10.1. The molecule has 0 saturated carbocycles. The molecule has 0 aliphatic heterocycles. The minimum Gasteiger partial charge on any atom is -0.388 e. The van der Waals surface area contributed by atoms with Crippen molar-refractivity contribution in [2.24, 2.45) is 5.41 Å². The average Bonchev–Trinajstić information content (AvgIpc) is 2.01. The van der Waals surface area contributed by atoms with Crippen molar-refractivity contribution in [2.75, 3.05) is 0 Å². The van der Waals surface area contributed by atoms with Gasteiger partial charge in [0.25, 0.3) is 0 Å². The maximum absolute atomic E-state index is 10.1. The summed E-state index contributed by atoms with van der Waals surface area (Å²) in [5.74, 6) is 0. The molecule has 3 heteroatoms. The molecule has 0 radical (unpaired) electrons. The third-order valence-corrected chi connectivity index (χ3v) is 3.11. The second-order valence-electron chi connectivity index (χ2n) is 4.40. The Morgan fingerprint density at radius 2 is 1.93 bits per heavy atom. The van der Waals surface area contributed by atoms with E-state index < -0.39 is 6.10 Å². The summed E-state index contributed by atoms with van der Waals surface area (Å²) in [6, 6.07) is 5.53. The number of rotatable bonds is 1. The zero-order valence-corrected chi connectivity index (χ0v) is 10.9. The Kier molecular flexibility index (Phi) is 3.62. The van der Waals surface area contributed by atoms with Gasteiger partial charge in [-0.1, -0.05) is 54.4 Å². The van der Waals surface area contributed by atoms with Crippen LogP contribution in [0.4, 0.5) is 0 Å². The van der Waals surface area contributed by atoms with Crippen LogP contribution < -0.4 is 0 Å². The lowest BCUT2D eigenvalue weighted by atomic mass is 9.85. The molecule has 1 unspecified atom stereocenters. The van der Waals surface area contributed by atoms with Gasteiger partial charge in [0.05, 0.1) is 6.10 Å². The van der Waals surface area contributed by atoms with Crippen molar-refractivity contribution in [3.63, 3.8) is 0 Å². The zero-order valence-electron chi connectivity index (χ0n) is 8.51. The highest BCUT2D eigenvalue weighted by atomic mass is 79.9. The molecule has 78 valence electrons. The molecule has 1 atom stereocenters. The number of hydrogen-bond acceptors (Lipinski definition) is 1. The molecule has 1 aromatic carbocycles. The van der Waals surface area contributed by atoms with E-state index in [4.69, 9.17) is 11.6 Å². The van der Waals surface area contributed by atoms with Crippen LogP contribution >= 0.6 is 27.5 Å². The predicted molar refractivity (Wildman–Crippen MR) is 63.6 cm³/mol. The monoisotopic (exact) mass is 276 g/mol. The molecular weight excluding hydrogens is 263 g/mol. The van der Waals surface area contributed by atoms with Gasteiger partial charge in [0.1, 0.15) is 0 Å². The van der Waals surface area contributed by atoms with E-state index >= 15 is 0 Å². The lowest BCUT2D eigenvalue weighted by Crippen LogP contribution is -2.18. The summed E-state index contributed by atoms with van der Waals surface area (Å²) in [5, 5.41) is 10.7. The van der Waals surface area contributed by atoms with E-state index in [1.807, 2.05) is 32.9 Å². The third kappa shape index (κ3) is 2.50. The van der Waals surface area contributed by atoms with Gasteiger partial charge in [-0.25, -0.2) is 0 Å². The van der Waals surface area contributed by atoms with Crippen LogP contribution in [0.3, 0.4) is 0 Å². The molecule has 0 spiro atoms. The maximum Gasteiger partial charge on any atom is 0.0863 e. The molecule has 1 aromatic rings. The lowest BCUT2D eigenvalue weighted by Gasteiger charge is -2.27. The number of aliphatic hydroxyl groups is 1. The minimum absolute atomic E-state index is 0.215. The number of hydrogen-bond donors (Lipinski definition) is 1. The first-order valence-corrected chi connectivity index (χ1v) is 5.63. The van der Waals surface area contributed by atoms with Crippen LogP contribution in [0.2, 0.25) is 5.02 Å². The predicted octanol–water partition coefficient (Wildman–Crippen LogP) is 4.18. The van der Waals surface area contributed by atoms with Crippen molar-refractivity contribution in [2.45, 2.75) is 26.9 Å². The standard InChI is InChI=1S/C11H14BrClO/c1-11(2,3)10(14)9-7(12)5-4-6-8(9)13/h4-6,10,14H,1-3H3. The topological polar surface area (TPSA) is 20.2 Å². The Bertz CT molecular complexity index is 310. The molecule has 0 aliphatic carbocycles. The van der Waals surface area contributed by atoms with Crippen LogP contribution in [0.25, 0.3) is 0 Å². The molecule has 0 bridgehead atoms. The van der Waals surface area contributed by atoms with Crippen LogP contribution in [0.1, 0.15) is 32.4 Å². The van der Waals surface area contributed by atoms with Crippen molar-refractivity contribution in [3.05, 3.63) is 33.3 Å². The smallest absolute Gasteiger partial charge is 0.0863 e. The van der Waals surface area contributed by atoms with Crippen molar-refractivity contribution >= 4 is 27.5 Å². The van der Waals surface area contributed by atoms with E-state index in [2.05, 4.69) is 15.9 Å². The Morgan fingerprint density at radius 1 is 1.36 bits per heavy atom. The molecule has 0 heterocycles. The van der Waals surface area contributed by atoms with Gasteiger partial charge in [0.15, 0.2) is 0 Å². The van der Waals surface area contributed by atoms with Gasteiger partial charge < -0.3 is 5.11 Å². The van der Waals surface area contributed by atoms with Gasteiger partial charge in [-0.05, 0) is 17.5 Å². The summed E-state index contributed by atoms with van der Waals surface area (Å²) in [6.45, 7) is 5.94. The largest absolute Gasteiger partial charge is 0.388 e. The van der Waals surface area contributed by atoms with Crippen LogP contribution in [0, 0.1) is 5.41 Å². The summed E-state index contributed by atoms with van der Waals surface area (Å²) >= 11 is 9.44. The van der Waals surface area contributed by atoms with E-state index in [1.165, 1.54) is 0 Å². The van der Waals surface area contributed by atoms with Crippen molar-refractivity contribution in [3.8, 4) is 0 Å². The molecule has 0 fully saturated rings. The van der Waals surface area contributed by atoms with E-state index in [0.29, 0.717) is 5.02 Å². The van der Waals surface area contributed by atoms with Gasteiger partial charge >= 0.3 is 0 Å². The highest BCUT2D eigenvalue weighted by Crippen LogP contribution is 2.39. The highest BCUT2D eigenvalue weighted by molar-refractivity contribution is 9.10. The second-order valence-corrected chi connectivity index (χ2v) is 5.67. The van der Waals surface area contributed by atoms with E-state index in [9.17, 15) is 5.11 Å². The highest BCUT2D eigenvalue weighted by Gasteiger charge is 2.27. The summed E-state index contributed by atoms with van der Waals surface area (Å²) in [6.07, 6.45) is -0.564. The third-order valence-electron chi connectivity index (χ3n) is 2.09. The molecular formula is C11H14BrClO. The first-order valence-electron chi connectivity index (χ1n) is 4.46. The first-order chi connectivity index (χ1) is 6.34. The number of aliphatic hydroxyl groups excluding tert-OH is 1. The first kappa shape index (κ1) is 12.0. The fraction of sp³-hybridized carbons (Fsp3) is 0.455. The Morgan fingerprint density at radius 3 is 2.36 bits per heavy atom. The fourth-order valence-electron chi connectivity index (χ4n) is 1.20. The van der Waals surface area contributed by atoms with Crippen molar-refractivity contribution < 1.29 is 5.11 Å². The zero-order chi connectivity index (χ0) is 10.9. The minimum atomic E-state index is -0.564. The van der Waals surface area contributed by atoms with Gasteiger partial charge in [-0.15, -0.1) is 0 Å². The van der Waals surface area contributed by atoms with Crippen LogP contribution in [0.5, 0.6) is 0 Å². The summed E-state index contributed by atoms with van der Waals surface area (Å²) in [4.78, 5) is 0. The Balaban J connectivity index is 3.19. The molecule has 0 saturated heterocycles. The molecule has 0 aromatic heterocycles. The summed E-state index contributed by atoms with van der Waals surface area (Å²) in [7, 11) is 0. The van der Waals surface area contributed by atoms with E-state index in [-0.39, 0.29) is 5.41 Å². The summed E-state index contributed by atoms with van der Waals surface area (Å²) < 4.78 is 0.854. The van der Waals surface area contributed by atoms with Crippen LogP contribution in [0.15, 0.2) is 22.7 Å². The van der Waals surface area contributed by atoms with Gasteiger partial charge in [0.2, 0.25) is 0 Å². The normalized spacial score (nSPS) is 14.1. The molecule has 1 rings (SSSR count). The van der Waals surface area contributed by atoms with Crippen molar-refractivity contribution in [1.29, 1.82) is 0 Å². The quantitative estimate of drug-likeness (QED) is 0.816. The molecule has 1 N–H and O–H groups in total. The van der Waals surface area contributed by atoms with Gasteiger partial charge in [-0.2, -0.15) is 0 Å². The van der Waals surface area contributed by atoms with E-state index in [1.54, 1.807) is 6.07 Å². The Labute approximate surface area is 98.2 Å². The number of benzene rings is 1. The number of halogens is 2. The van der Waals surface area contributed by atoms with Crippen LogP contribution in [-0.2, 0) is 0 Å². The average molecular weight is 278 g/mol. The van der Waals surface area contributed by atoms with Crippen LogP contribution in [-0.4, -0.2) is 5.11 Å². The van der Waals surface area contributed by atoms with E-state index in [0.717, 1.165) is 10.0 Å². The second kappa shape index (κ2) is 4.21. The molecule has 1 nitrogen and oxygen atoms in total. The molecule has 0 amide bonds. The molecule has 14 heavy (non-hydrogen) atoms.